The van der Waals surface area contributed by atoms with Crippen LogP contribution in [0.5, 0.6) is 0 Å². The highest BCUT2D eigenvalue weighted by Gasteiger charge is 2.25. The first-order valence-electron chi connectivity index (χ1n) is 7.65. The summed E-state index contributed by atoms with van der Waals surface area (Å²) in [6.07, 6.45) is 19.7. The molecule has 0 aromatic carbocycles. The monoisotopic (exact) mass is 239 g/mol. The minimum Gasteiger partial charge on any atom is -0.0741 e. The lowest BCUT2D eigenvalue weighted by molar-refractivity contribution is 0.508. The van der Waals surface area contributed by atoms with Gasteiger partial charge in [-0.2, -0.15) is 0 Å². The van der Waals surface area contributed by atoms with Crippen LogP contribution in [0.3, 0.4) is 0 Å². The molecule has 0 aromatic heterocycles. The zero-order valence-electron chi connectivity index (χ0n) is 10.8. The molecular formula is C15H28P. The van der Waals surface area contributed by atoms with Crippen molar-refractivity contribution in [3.05, 3.63) is 0 Å². The molecule has 0 amide bonds. The Morgan fingerprint density at radius 1 is 0.438 bits per heavy atom. The van der Waals surface area contributed by atoms with Gasteiger partial charge in [-0.05, 0) is 37.0 Å². The zero-order valence-corrected chi connectivity index (χ0v) is 11.7. The van der Waals surface area contributed by atoms with Gasteiger partial charge >= 0.3 is 0 Å². The molecule has 0 atom stereocenters. The molecule has 0 heterocycles. The lowest BCUT2D eigenvalue weighted by Crippen LogP contribution is -2.03. The minimum atomic E-state index is 1.08. The predicted octanol–water partition coefficient (Wildman–Crippen LogP) is 5.77. The topological polar surface area (TPSA) is 0 Å². The Hall–Kier alpha value is 0.430. The molecule has 93 valence electrons. The maximum atomic E-state index is 1.83. The van der Waals surface area contributed by atoms with Crippen molar-refractivity contribution < 1.29 is 0 Å². The third kappa shape index (κ3) is 5.67. The highest BCUT2D eigenvalue weighted by Crippen LogP contribution is 2.45. The third-order valence-electron chi connectivity index (χ3n) is 4.04. The Morgan fingerprint density at radius 3 is 1.25 bits per heavy atom. The Labute approximate surface area is 104 Å². The Bertz CT molecular complexity index is 162. The molecule has 0 aliphatic heterocycles. The average molecular weight is 239 g/mol. The van der Waals surface area contributed by atoms with Crippen LogP contribution < -0.4 is 0 Å². The molecule has 2 saturated carbocycles. The van der Waals surface area contributed by atoms with E-state index in [1.807, 2.05) is 8.58 Å². The molecule has 0 spiro atoms. The number of hydrogen-bond acceptors (Lipinski definition) is 0. The van der Waals surface area contributed by atoms with E-state index in [0.717, 1.165) is 11.3 Å². The average Bonchev–Trinajstić information content (AvgIpc) is 3.06. The first-order valence-corrected chi connectivity index (χ1v) is 8.68. The van der Waals surface area contributed by atoms with Crippen molar-refractivity contribution in [3.8, 4) is 0 Å². The van der Waals surface area contributed by atoms with Gasteiger partial charge < -0.3 is 0 Å². The van der Waals surface area contributed by atoms with Crippen molar-refractivity contribution in [3.63, 3.8) is 0 Å². The van der Waals surface area contributed by atoms with Gasteiger partial charge in [0.15, 0.2) is 0 Å². The van der Waals surface area contributed by atoms with E-state index >= 15 is 0 Å². The summed E-state index contributed by atoms with van der Waals surface area (Å²) in [5, 5.41) is 0. The van der Waals surface area contributed by atoms with Crippen molar-refractivity contribution in [1.82, 2.24) is 0 Å². The van der Waals surface area contributed by atoms with E-state index in [1.165, 1.54) is 83.5 Å². The van der Waals surface area contributed by atoms with E-state index in [0.29, 0.717) is 0 Å². The van der Waals surface area contributed by atoms with E-state index in [2.05, 4.69) is 0 Å². The van der Waals surface area contributed by atoms with E-state index < -0.39 is 0 Å². The van der Waals surface area contributed by atoms with Crippen LogP contribution in [0.4, 0.5) is 0 Å². The van der Waals surface area contributed by atoms with Crippen molar-refractivity contribution >= 4 is 8.58 Å². The zero-order chi connectivity index (χ0) is 11.1. The second-order valence-corrected chi connectivity index (χ2v) is 7.55. The first-order chi connectivity index (χ1) is 7.95. The smallest absolute Gasteiger partial charge is 0.0167 e. The number of hydrogen-bond donors (Lipinski definition) is 0. The Balaban J connectivity index is 1.66. The van der Waals surface area contributed by atoms with Gasteiger partial charge in [-0.1, -0.05) is 66.4 Å². The van der Waals surface area contributed by atoms with Gasteiger partial charge in [0.05, 0.1) is 0 Å². The fraction of sp³-hybridized carbons (Fsp3) is 1.00. The molecule has 0 saturated heterocycles. The molecule has 0 aromatic rings. The summed E-state index contributed by atoms with van der Waals surface area (Å²) in [6, 6.07) is 0. The fourth-order valence-electron chi connectivity index (χ4n) is 2.81. The molecule has 2 aliphatic carbocycles. The predicted molar refractivity (Wildman–Crippen MR) is 74.5 cm³/mol. The van der Waals surface area contributed by atoms with Crippen molar-refractivity contribution in [2.75, 3.05) is 0 Å². The summed E-state index contributed by atoms with van der Waals surface area (Å²) >= 11 is 0. The minimum absolute atomic E-state index is 1.08. The van der Waals surface area contributed by atoms with E-state index in [9.17, 15) is 0 Å². The normalized spacial score (nSPS) is 27.8. The van der Waals surface area contributed by atoms with Gasteiger partial charge in [-0.25, -0.2) is 0 Å². The summed E-state index contributed by atoms with van der Waals surface area (Å²) in [5.41, 5.74) is 2.20. The van der Waals surface area contributed by atoms with E-state index in [4.69, 9.17) is 0 Å². The summed E-state index contributed by atoms with van der Waals surface area (Å²) in [5.74, 6) is 0. The molecule has 0 bridgehead atoms. The molecule has 2 aliphatic rings. The standard InChI is InChI=1S/C15H28P/c1-2-4-6-8-10-14(16-15-12-13-15)11-9-7-5-3-1/h14-15H,1-13H2. The van der Waals surface area contributed by atoms with E-state index in [1.54, 1.807) is 0 Å². The maximum absolute atomic E-state index is 1.83. The molecule has 2 fully saturated rings. The molecule has 0 N–H and O–H groups in total. The van der Waals surface area contributed by atoms with Crippen LogP contribution >= 0.6 is 8.58 Å². The summed E-state index contributed by atoms with van der Waals surface area (Å²) in [4.78, 5) is 0. The lowest BCUT2D eigenvalue weighted by atomic mass is 10.0. The van der Waals surface area contributed by atoms with Gasteiger partial charge in [0, 0.05) is 0 Å². The quantitative estimate of drug-likeness (QED) is 0.537. The Kier molecular flexibility index (Phi) is 6.19. The van der Waals surface area contributed by atoms with Crippen LogP contribution in [0.2, 0.25) is 0 Å². The first kappa shape index (κ1) is 12.9. The lowest BCUT2D eigenvalue weighted by Gasteiger charge is -2.16. The van der Waals surface area contributed by atoms with Crippen LogP contribution in [-0.2, 0) is 0 Å². The molecule has 16 heavy (non-hydrogen) atoms. The van der Waals surface area contributed by atoms with Crippen LogP contribution in [0, 0.1) is 0 Å². The van der Waals surface area contributed by atoms with Gasteiger partial charge in [0.1, 0.15) is 0 Å². The number of rotatable bonds is 2. The van der Waals surface area contributed by atoms with Crippen molar-refractivity contribution in [2.45, 2.75) is 94.8 Å². The van der Waals surface area contributed by atoms with Gasteiger partial charge in [-0.3, -0.25) is 0 Å². The molecular weight excluding hydrogens is 211 g/mol. The fourth-order valence-corrected chi connectivity index (χ4v) is 4.52. The summed E-state index contributed by atoms with van der Waals surface area (Å²) in [7, 11) is 1.83. The van der Waals surface area contributed by atoms with Crippen molar-refractivity contribution in [1.29, 1.82) is 0 Å². The molecule has 1 radical (unpaired) electrons. The van der Waals surface area contributed by atoms with Crippen molar-refractivity contribution in [2.24, 2.45) is 0 Å². The largest absolute Gasteiger partial charge is 0.0741 e. The highest BCUT2D eigenvalue weighted by atomic mass is 31.1. The third-order valence-corrected chi connectivity index (χ3v) is 5.92. The van der Waals surface area contributed by atoms with Gasteiger partial charge in [0.2, 0.25) is 0 Å². The molecule has 0 nitrogen and oxygen atoms in total. The van der Waals surface area contributed by atoms with Crippen LogP contribution in [0.25, 0.3) is 0 Å². The molecule has 2 rings (SSSR count). The van der Waals surface area contributed by atoms with Gasteiger partial charge in [-0.15, -0.1) is 0 Å². The van der Waals surface area contributed by atoms with Crippen LogP contribution in [-0.4, -0.2) is 11.3 Å². The molecule has 1 heteroatoms. The van der Waals surface area contributed by atoms with Gasteiger partial charge in [0.25, 0.3) is 0 Å². The summed E-state index contributed by atoms with van der Waals surface area (Å²) < 4.78 is 0. The SMILES string of the molecule is C1CCCCCC([P]C2CC2)CCCCC1. The maximum Gasteiger partial charge on any atom is -0.0167 e. The second kappa shape index (κ2) is 7.70. The van der Waals surface area contributed by atoms with E-state index in [-0.39, 0.29) is 0 Å². The summed E-state index contributed by atoms with van der Waals surface area (Å²) in [6.45, 7) is 0. The second-order valence-electron chi connectivity index (χ2n) is 5.79. The van der Waals surface area contributed by atoms with Crippen LogP contribution in [0.15, 0.2) is 0 Å². The highest BCUT2D eigenvalue weighted by molar-refractivity contribution is 7.40. The van der Waals surface area contributed by atoms with Crippen LogP contribution in [0.1, 0.15) is 83.5 Å². The Morgan fingerprint density at radius 2 is 0.812 bits per heavy atom. The molecule has 0 unspecified atom stereocenters.